The molecule has 30 heavy (non-hydrogen) atoms. The van der Waals surface area contributed by atoms with E-state index in [0.29, 0.717) is 30.2 Å². The molecule has 154 valence electrons. The SMILES string of the molecule is COc1ccc(C(=O)Nc2ccc3oc(C(=O)N4CC=CCC4)cc3c2)c(OC)n1. The minimum atomic E-state index is -0.374. The van der Waals surface area contributed by atoms with Crippen LogP contribution in [0, 0.1) is 0 Å². The van der Waals surface area contributed by atoms with E-state index in [1.54, 1.807) is 41.3 Å². The van der Waals surface area contributed by atoms with Crippen molar-refractivity contribution >= 4 is 28.5 Å². The molecule has 8 heteroatoms. The molecule has 1 aromatic carbocycles. The number of hydrogen-bond acceptors (Lipinski definition) is 6. The second-order valence-corrected chi connectivity index (χ2v) is 6.74. The van der Waals surface area contributed by atoms with Gasteiger partial charge in [-0.15, -0.1) is 0 Å². The van der Waals surface area contributed by atoms with Crippen LogP contribution >= 0.6 is 0 Å². The standard InChI is InChI=1S/C22H21N3O5/c1-28-19-9-7-16(21(24-19)29-2)20(26)23-15-6-8-17-14(12-15)13-18(30-17)22(27)25-10-4-3-5-11-25/h3-4,6-9,12-13H,5,10-11H2,1-2H3,(H,23,26). The second-order valence-electron chi connectivity index (χ2n) is 6.74. The summed E-state index contributed by atoms with van der Waals surface area (Å²) in [5, 5.41) is 3.54. The van der Waals surface area contributed by atoms with Crippen LogP contribution in [0.15, 0.2) is 53.0 Å². The number of aromatic nitrogens is 1. The number of fused-ring (bicyclic) bond motifs is 1. The minimum absolute atomic E-state index is 0.143. The van der Waals surface area contributed by atoms with E-state index >= 15 is 0 Å². The number of pyridine rings is 1. The topological polar surface area (TPSA) is 93.9 Å². The third-order valence-corrected chi connectivity index (χ3v) is 4.81. The van der Waals surface area contributed by atoms with Crippen LogP contribution in [0.1, 0.15) is 27.3 Å². The highest BCUT2D eigenvalue weighted by molar-refractivity contribution is 6.06. The van der Waals surface area contributed by atoms with E-state index < -0.39 is 0 Å². The molecule has 3 aromatic rings. The number of amides is 2. The fraction of sp³-hybridized carbons (Fsp3) is 0.227. The van der Waals surface area contributed by atoms with Gasteiger partial charge in [-0.25, -0.2) is 0 Å². The molecule has 0 spiro atoms. The number of carbonyl (C=O) groups excluding carboxylic acids is 2. The molecule has 4 rings (SSSR count). The zero-order valence-corrected chi connectivity index (χ0v) is 16.7. The molecule has 0 saturated carbocycles. The van der Waals surface area contributed by atoms with E-state index in [-0.39, 0.29) is 29.0 Å². The quantitative estimate of drug-likeness (QED) is 0.651. The van der Waals surface area contributed by atoms with Crippen LogP contribution < -0.4 is 14.8 Å². The van der Waals surface area contributed by atoms with E-state index in [1.807, 2.05) is 6.08 Å². The van der Waals surface area contributed by atoms with Gasteiger partial charge in [-0.1, -0.05) is 12.2 Å². The summed E-state index contributed by atoms with van der Waals surface area (Å²) in [5.41, 5.74) is 1.42. The number of hydrogen-bond donors (Lipinski definition) is 1. The lowest BCUT2D eigenvalue weighted by atomic mass is 10.2. The van der Waals surface area contributed by atoms with Crippen LogP contribution in [-0.4, -0.2) is 49.0 Å². The first-order valence-corrected chi connectivity index (χ1v) is 9.47. The Bertz CT molecular complexity index is 1140. The molecule has 1 N–H and O–H groups in total. The number of furan rings is 1. The molecule has 3 heterocycles. The number of nitrogens with zero attached hydrogens (tertiary/aromatic N) is 2. The van der Waals surface area contributed by atoms with Gasteiger partial charge >= 0.3 is 0 Å². The first-order chi connectivity index (χ1) is 14.6. The Kier molecular flexibility index (Phi) is 5.38. The van der Waals surface area contributed by atoms with Gasteiger partial charge in [-0.3, -0.25) is 9.59 Å². The number of nitrogens with one attached hydrogen (secondary N) is 1. The molecule has 1 aliphatic heterocycles. The fourth-order valence-electron chi connectivity index (χ4n) is 3.27. The summed E-state index contributed by atoms with van der Waals surface area (Å²) in [6.45, 7) is 1.25. The Morgan fingerprint density at radius 2 is 1.97 bits per heavy atom. The van der Waals surface area contributed by atoms with Gasteiger partial charge in [-0.05, 0) is 36.8 Å². The molecule has 0 fully saturated rings. The van der Waals surface area contributed by atoms with Crippen molar-refractivity contribution < 1.29 is 23.5 Å². The Morgan fingerprint density at radius 3 is 2.70 bits per heavy atom. The van der Waals surface area contributed by atoms with Crippen LogP contribution in [0.4, 0.5) is 5.69 Å². The first-order valence-electron chi connectivity index (χ1n) is 9.47. The van der Waals surface area contributed by atoms with Gasteiger partial charge in [-0.2, -0.15) is 4.98 Å². The number of benzene rings is 1. The van der Waals surface area contributed by atoms with Gasteiger partial charge in [0.2, 0.25) is 11.8 Å². The van der Waals surface area contributed by atoms with Gasteiger partial charge in [0, 0.05) is 30.2 Å². The number of rotatable bonds is 5. The Hall–Kier alpha value is -3.81. The van der Waals surface area contributed by atoms with Crippen molar-refractivity contribution in [1.82, 2.24) is 9.88 Å². The molecule has 2 aromatic heterocycles. The lowest BCUT2D eigenvalue weighted by molar-refractivity contribution is 0.0741. The maximum absolute atomic E-state index is 12.7. The highest BCUT2D eigenvalue weighted by Gasteiger charge is 2.20. The molecule has 0 unspecified atom stereocenters. The van der Waals surface area contributed by atoms with E-state index in [2.05, 4.69) is 16.4 Å². The van der Waals surface area contributed by atoms with Crippen LogP contribution in [0.2, 0.25) is 0 Å². The normalized spacial score (nSPS) is 13.3. The van der Waals surface area contributed by atoms with Gasteiger partial charge in [0.25, 0.3) is 11.8 Å². The minimum Gasteiger partial charge on any atom is -0.481 e. The summed E-state index contributed by atoms with van der Waals surface area (Å²) in [6.07, 6.45) is 4.87. The van der Waals surface area contributed by atoms with Gasteiger partial charge in [0.15, 0.2) is 5.76 Å². The highest BCUT2D eigenvalue weighted by Crippen LogP contribution is 2.26. The molecular weight excluding hydrogens is 386 g/mol. The van der Waals surface area contributed by atoms with Gasteiger partial charge in [0.1, 0.15) is 11.1 Å². The maximum Gasteiger partial charge on any atom is 0.289 e. The van der Waals surface area contributed by atoms with Crippen molar-refractivity contribution in [1.29, 1.82) is 0 Å². The summed E-state index contributed by atoms with van der Waals surface area (Å²) >= 11 is 0. The van der Waals surface area contributed by atoms with Crippen LogP contribution in [0.25, 0.3) is 11.0 Å². The predicted octanol–water partition coefficient (Wildman–Crippen LogP) is 3.50. The Morgan fingerprint density at radius 1 is 1.10 bits per heavy atom. The summed E-state index contributed by atoms with van der Waals surface area (Å²) in [6, 6.07) is 10.1. The average molecular weight is 407 g/mol. The van der Waals surface area contributed by atoms with Crippen molar-refractivity contribution in [3.8, 4) is 11.8 Å². The van der Waals surface area contributed by atoms with Gasteiger partial charge < -0.3 is 24.1 Å². The van der Waals surface area contributed by atoms with E-state index in [1.165, 1.54) is 14.2 Å². The summed E-state index contributed by atoms with van der Waals surface area (Å²) in [5.74, 6) is 0.283. The molecule has 0 radical (unpaired) electrons. The Balaban J connectivity index is 1.54. The molecule has 0 aliphatic carbocycles. The molecule has 8 nitrogen and oxygen atoms in total. The first kappa shape index (κ1) is 19.5. The molecule has 0 saturated heterocycles. The molecular formula is C22H21N3O5. The van der Waals surface area contributed by atoms with Crippen LogP contribution in [0.3, 0.4) is 0 Å². The van der Waals surface area contributed by atoms with Crippen molar-refractivity contribution in [3.63, 3.8) is 0 Å². The number of carbonyl (C=O) groups is 2. The van der Waals surface area contributed by atoms with Crippen molar-refractivity contribution in [3.05, 3.63) is 59.9 Å². The monoisotopic (exact) mass is 407 g/mol. The van der Waals surface area contributed by atoms with Gasteiger partial charge in [0.05, 0.1) is 14.2 Å². The van der Waals surface area contributed by atoms with Crippen LogP contribution in [0.5, 0.6) is 11.8 Å². The maximum atomic E-state index is 12.7. The molecule has 0 atom stereocenters. The zero-order valence-electron chi connectivity index (χ0n) is 16.7. The average Bonchev–Trinajstić information content (AvgIpc) is 3.22. The van der Waals surface area contributed by atoms with E-state index in [4.69, 9.17) is 13.9 Å². The predicted molar refractivity (Wildman–Crippen MR) is 111 cm³/mol. The van der Waals surface area contributed by atoms with Crippen molar-refractivity contribution in [2.75, 3.05) is 32.6 Å². The Labute approximate surface area is 173 Å². The third-order valence-electron chi connectivity index (χ3n) is 4.81. The van der Waals surface area contributed by atoms with E-state index in [9.17, 15) is 9.59 Å². The number of anilines is 1. The zero-order chi connectivity index (χ0) is 21.1. The smallest absolute Gasteiger partial charge is 0.289 e. The largest absolute Gasteiger partial charge is 0.481 e. The van der Waals surface area contributed by atoms with Crippen molar-refractivity contribution in [2.45, 2.75) is 6.42 Å². The number of ether oxygens (including phenoxy) is 2. The summed E-state index contributed by atoms with van der Waals surface area (Å²) in [4.78, 5) is 31.2. The summed E-state index contributed by atoms with van der Waals surface area (Å²) in [7, 11) is 2.93. The molecule has 0 bridgehead atoms. The highest BCUT2D eigenvalue weighted by atomic mass is 16.5. The van der Waals surface area contributed by atoms with E-state index in [0.717, 1.165) is 11.8 Å². The lowest BCUT2D eigenvalue weighted by Gasteiger charge is -2.21. The van der Waals surface area contributed by atoms with Crippen molar-refractivity contribution in [2.24, 2.45) is 0 Å². The summed E-state index contributed by atoms with van der Waals surface area (Å²) < 4.78 is 16.0. The molecule has 2 amide bonds. The van der Waals surface area contributed by atoms with Crippen LogP contribution in [-0.2, 0) is 0 Å². The molecule has 1 aliphatic rings. The third kappa shape index (κ3) is 3.84. The fourth-order valence-corrected chi connectivity index (χ4v) is 3.27. The lowest BCUT2D eigenvalue weighted by Crippen LogP contribution is -2.33. The second kappa shape index (κ2) is 8.28. The number of methoxy groups -OCH3 is 2.